The standard InChI is InChI=1S/C12H14F2O8/c13-12(14)10(17)21-5-1-3-19-8(15)7-9(16)20-4-2-6-22-11(12)18/h1-7H2. The molecule has 0 aromatic carbocycles. The van der Waals surface area contributed by atoms with Crippen molar-refractivity contribution in [2.45, 2.75) is 25.2 Å². The lowest BCUT2D eigenvalue weighted by atomic mass is 10.3. The van der Waals surface area contributed by atoms with Crippen LogP contribution < -0.4 is 0 Å². The molecule has 0 radical (unpaired) electrons. The summed E-state index contributed by atoms with van der Waals surface area (Å²) in [7, 11) is 0. The van der Waals surface area contributed by atoms with Crippen LogP contribution in [-0.2, 0) is 38.1 Å². The van der Waals surface area contributed by atoms with Crippen molar-refractivity contribution in [3.63, 3.8) is 0 Å². The van der Waals surface area contributed by atoms with Crippen molar-refractivity contribution >= 4 is 23.9 Å². The lowest BCUT2D eigenvalue weighted by Gasteiger charge is -2.14. The number of hydrogen-bond acceptors (Lipinski definition) is 8. The Balaban J connectivity index is 2.61. The molecule has 8 nitrogen and oxygen atoms in total. The molecule has 22 heavy (non-hydrogen) atoms. The highest BCUT2D eigenvalue weighted by Gasteiger charge is 2.51. The number of rotatable bonds is 0. The van der Waals surface area contributed by atoms with E-state index in [4.69, 9.17) is 0 Å². The summed E-state index contributed by atoms with van der Waals surface area (Å²) in [5.74, 6) is -10.2. The summed E-state index contributed by atoms with van der Waals surface area (Å²) in [5, 5.41) is 0. The molecule has 1 aliphatic rings. The van der Waals surface area contributed by atoms with E-state index < -0.39 is 49.4 Å². The maximum atomic E-state index is 13.3. The molecule has 0 bridgehead atoms. The van der Waals surface area contributed by atoms with Gasteiger partial charge in [0.1, 0.15) is 6.42 Å². The van der Waals surface area contributed by atoms with E-state index in [9.17, 15) is 28.0 Å². The molecule has 0 unspecified atom stereocenters. The first-order chi connectivity index (χ1) is 10.3. The second-order valence-electron chi connectivity index (χ2n) is 4.17. The second-order valence-corrected chi connectivity index (χ2v) is 4.17. The Labute approximate surface area is 123 Å². The zero-order valence-electron chi connectivity index (χ0n) is 11.5. The maximum Gasteiger partial charge on any atom is 0.437 e. The summed E-state index contributed by atoms with van der Waals surface area (Å²) in [6, 6.07) is 0. The van der Waals surface area contributed by atoms with Gasteiger partial charge in [-0.25, -0.2) is 9.59 Å². The van der Waals surface area contributed by atoms with Gasteiger partial charge in [0, 0.05) is 12.8 Å². The average molecular weight is 324 g/mol. The minimum absolute atomic E-state index is 0.0718. The summed E-state index contributed by atoms with van der Waals surface area (Å²) < 4.78 is 44.3. The zero-order valence-corrected chi connectivity index (χ0v) is 11.5. The van der Waals surface area contributed by atoms with E-state index in [1.165, 1.54) is 0 Å². The van der Waals surface area contributed by atoms with Crippen LogP contribution in [0.3, 0.4) is 0 Å². The van der Waals surface area contributed by atoms with Gasteiger partial charge in [-0.05, 0) is 0 Å². The van der Waals surface area contributed by atoms with Crippen molar-refractivity contribution in [3.8, 4) is 0 Å². The smallest absolute Gasteiger partial charge is 0.437 e. The van der Waals surface area contributed by atoms with Gasteiger partial charge in [-0.1, -0.05) is 0 Å². The van der Waals surface area contributed by atoms with Gasteiger partial charge < -0.3 is 18.9 Å². The van der Waals surface area contributed by atoms with Crippen LogP contribution in [0.1, 0.15) is 19.3 Å². The number of esters is 4. The third-order valence-electron chi connectivity index (χ3n) is 2.37. The molecular weight excluding hydrogens is 310 g/mol. The van der Waals surface area contributed by atoms with Crippen molar-refractivity contribution in [3.05, 3.63) is 0 Å². The van der Waals surface area contributed by atoms with Crippen molar-refractivity contribution < 1.29 is 46.9 Å². The van der Waals surface area contributed by atoms with Gasteiger partial charge in [0.05, 0.1) is 26.4 Å². The lowest BCUT2D eigenvalue weighted by Crippen LogP contribution is -2.41. The van der Waals surface area contributed by atoms with Gasteiger partial charge in [0.2, 0.25) is 0 Å². The van der Waals surface area contributed by atoms with Crippen molar-refractivity contribution in [2.24, 2.45) is 0 Å². The van der Waals surface area contributed by atoms with Crippen LogP contribution in [0, 0.1) is 0 Å². The van der Waals surface area contributed by atoms with Gasteiger partial charge >= 0.3 is 29.8 Å². The van der Waals surface area contributed by atoms with E-state index in [1.807, 2.05) is 0 Å². The number of carbonyl (C=O) groups excluding carboxylic acids is 4. The predicted octanol–water partition coefficient (Wildman–Crippen LogP) is -0.0216. The summed E-state index contributed by atoms with van der Waals surface area (Å²) in [6.45, 7) is -1.45. The third-order valence-corrected chi connectivity index (χ3v) is 2.37. The third kappa shape index (κ3) is 5.62. The van der Waals surface area contributed by atoms with Gasteiger partial charge in [0.25, 0.3) is 0 Å². The van der Waals surface area contributed by atoms with Gasteiger partial charge in [-0.2, -0.15) is 8.78 Å². The van der Waals surface area contributed by atoms with E-state index >= 15 is 0 Å². The largest absolute Gasteiger partial charge is 0.465 e. The Bertz CT molecular complexity index is 410. The predicted molar refractivity (Wildman–Crippen MR) is 62.6 cm³/mol. The molecule has 0 spiro atoms. The summed E-state index contributed by atoms with van der Waals surface area (Å²) in [5.41, 5.74) is 0. The molecule has 1 rings (SSSR count). The second kappa shape index (κ2) is 8.25. The average Bonchev–Trinajstić information content (AvgIpc) is 2.44. The molecule has 0 atom stereocenters. The molecule has 0 amide bonds. The normalized spacial score (nSPS) is 22.1. The van der Waals surface area contributed by atoms with Crippen molar-refractivity contribution in [1.82, 2.24) is 0 Å². The summed E-state index contributed by atoms with van der Waals surface area (Å²) >= 11 is 0. The number of halogens is 2. The summed E-state index contributed by atoms with van der Waals surface area (Å²) in [6.07, 6.45) is -0.743. The van der Waals surface area contributed by atoms with Gasteiger partial charge in [-0.3, -0.25) is 9.59 Å². The Hall–Kier alpha value is -2.26. The van der Waals surface area contributed by atoms with E-state index in [0.717, 1.165) is 0 Å². The van der Waals surface area contributed by atoms with Gasteiger partial charge in [0.15, 0.2) is 0 Å². The molecule has 1 aliphatic heterocycles. The molecule has 0 aromatic rings. The molecule has 1 saturated heterocycles. The number of ether oxygens (including phenoxy) is 4. The summed E-state index contributed by atoms with van der Waals surface area (Å²) in [4.78, 5) is 44.5. The lowest BCUT2D eigenvalue weighted by molar-refractivity contribution is -0.191. The Morgan fingerprint density at radius 2 is 1.05 bits per heavy atom. The van der Waals surface area contributed by atoms with Gasteiger partial charge in [-0.15, -0.1) is 0 Å². The SMILES string of the molecule is O=C1CC(=O)OCCCOC(=O)C(F)(F)C(=O)OCCCO1. The Kier molecular flexibility index (Phi) is 6.67. The van der Waals surface area contributed by atoms with E-state index in [-0.39, 0.29) is 26.1 Å². The molecule has 124 valence electrons. The molecule has 0 saturated carbocycles. The van der Waals surface area contributed by atoms with Crippen LogP contribution >= 0.6 is 0 Å². The molecule has 0 N–H and O–H groups in total. The van der Waals surface area contributed by atoms with Crippen LogP contribution in [0.4, 0.5) is 8.78 Å². The highest BCUT2D eigenvalue weighted by Crippen LogP contribution is 2.18. The minimum atomic E-state index is -4.43. The van der Waals surface area contributed by atoms with Crippen LogP contribution in [-0.4, -0.2) is 56.2 Å². The topological polar surface area (TPSA) is 105 Å². The van der Waals surface area contributed by atoms with Crippen molar-refractivity contribution in [1.29, 1.82) is 0 Å². The fourth-order valence-corrected chi connectivity index (χ4v) is 1.30. The first-order valence-electron chi connectivity index (χ1n) is 6.37. The number of alkyl halides is 2. The Morgan fingerprint density at radius 1 is 0.682 bits per heavy atom. The maximum absolute atomic E-state index is 13.3. The monoisotopic (exact) mass is 324 g/mol. The fourth-order valence-electron chi connectivity index (χ4n) is 1.30. The van der Waals surface area contributed by atoms with E-state index in [0.29, 0.717) is 0 Å². The molecular formula is C12H14F2O8. The quantitative estimate of drug-likeness (QED) is 0.348. The van der Waals surface area contributed by atoms with E-state index in [1.54, 1.807) is 0 Å². The number of cyclic esters (lactones) is 4. The molecule has 1 fully saturated rings. The molecule has 10 heteroatoms. The van der Waals surface area contributed by atoms with Crippen LogP contribution in [0.2, 0.25) is 0 Å². The molecule has 0 aromatic heterocycles. The Morgan fingerprint density at radius 3 is 1.45 bits per heavy atom. The highest BCUT2D eigenvalue weighted by molar-refractivity contribution is 6.01. The van der Waals surface area contributed by atoms with E-state index in [2.05, 4.69) is 18.9 Å². The number of hydrogen-bond donors (Lipinski definition) is 0. The van der Waals surface area contributed by atoms with Crippen LogP contribution in [0.25, 0.3) is 0 Å². The van der Waals surface area contributed by atoms with Crippen LogP contribution in [0.5, 0.6) is 0 Å². The first kappa shape index (κ1) is 17.8. The molecule has 1 heterocycles. The molecule has 0 aliphatic carbocycles. The highest BCUT2D eigenvalue weighted by atomic mass is 19.3. The van der Waals surface area contributed by atoms with Crippen LogP contribution in [0.15, 0.2) is 0 Å². The fraction of sp³-hybridized carbons (Fsp3) is 0.667. The first-order valence-corrected chi connectivity index (χ1v) is 6.37. The van der Waals surface area contributed by atoms with Crippen molar-refractivity contribution in [2.75, 3.05) is 26.4 Å². The zero-order chi connectivity index (χ0) is 16.6. The number of carbonyl (C=O) groups is 4. The minimum Gasteiger partial charge on any atom is -0.465 e.